The van der Waals surface area contributed by atoms with Crippen LogP contribution in [0.25, 0.3) is 10.8 Å². The molecule has 10 nitrogen and oxygen atoms in total. The van der Waals surface area contributed by atoms with E-state index in [1.165, 1.54) is 32.1 Å². The molecule has 2 amide bonds. The van der Waals surface area contributed by atoms with Gasteiger partial charge in [-0.25, -0.2) is 17.9 Å². The van der Waals surface area contributed by atoms with E-state index in [9.17, 15) is 18.0 Å². The van der Waals surface area contributed by atoms with Gasteiger partial charge in [-0.3, -0.25) is 4.79 Å². The van der Waals surface area contributed by atoms with E-state index < -0.39 is 16.1 Å². The molecule has 1 aliphatic carbocycles. The summed E-state index contributed by atoms with van der Waals surface area (Å²) in [7, 11) is 3.48. The molecule has 0 aromatic heterocycles. The van der Waals surface area contributed by atoms with E-state index >= 15 is 0 Å². The highest BCUT2D eigenvalue weighted by molar-refractivity contribution is 8.78. The van der Waals surface area contributed by atoms with Crippen molar-refractivity contribution in [3.63, 3.8) is 0 Å². The third kappa shape index (κ3) is 9.80. The van der Waals surface area contributed by atoms with Gasteiger partial charge in [-0.05, 0) is 31.9 Å². The Morgan fingerprint density at radius 2 is 1.81 bits per heavy atom. The quantitative estimate of drug-likeness (QED) is 0.136. The second-order valence-electron chi connectivity index (χ2n) is 10.3. The first kappa shape index (κ1) is 34.0. The Morgan fingerprint density at radius 1 is 1.10 bits per heavy atom. The van der Waals surface area contributed by atoms with Crippen molar-refractivity contribution in [2.24, 2.45) is 5.73 Å². The highest BCUT2D eigenvalue weighted by Gasteiger charge is 2.20. The monoisotopic (exact) mass is 637 g/mol. The van der Waals surface area contributed by atoms with Gasteiger partial charge < -0.3 is 25.6 Å². The predicted octanol–water partition coefficient (Wildman–Crippen LogP) is 4.66. The predicted molar refractivity (Wildman–Crippen MR) is 174 cm³/mol. The van der Waals surface area contributed by atoms with Gasteiger partial charge in [-0.1, -0.05) is 65.1 Å². The van der Waals surface area contributed by atoms with E-state index in [-0.39, 0.29) is 24.6 Å². The van der Waals surface area contributed by atoms with Crippen LogP contribution in [0, 0.1) is 0 Å². The smallest absolute Gasteiger partial charge is 0.407 e. The van der Waals surface area contributed by atoms with Crippen molar-refractivity contribution < 1.29 is 22.7 Å². The minimum atomic E-state index is -3.81. The summed E-state index contributed by atoms with van der Waals surface area (Å²) < 4.78 is 34.1. The summed E-state index contributed by atoms with van der Waals surface area (Å²) in [6.45, 7) is 2.85. The zero-order valence-corrected chi connectivity index (χ0v) is 27.1. The fourth-order valence-corrected chi connectivity index (χ4v) is 9.15. The van der Waals surface area contributed by atoms with Crippen LogP contribution in [0.3, 0.4) is 0 Å². The molecule has 0 aliphatic heterocycles. The van der Waals surface area contributed by atoms with Crippen molar-refractivity contribution in [3.8, 4) is 0 Å². The molecule has 0 unspecified atom stereocenters. The molecule has 0 bridgehead atoms. The van der Waals surface area contributed by atoms with Crippen LogP contribution in [-0.4, -0.2) is 78.0 Å². The maximum atomic E-state index is 13.1. The van der Waals surface area contributed by atoms with Crippen molar-refractivity contribution in [2.75, 3.05) is 51.8 Å². The Balaban J connectivity index is 1.51. The summed E-state index contributed by atoms with van der Waals surface area (Å²) in [5.74, 6) is 0. The topological polar surface area (TPSA) is 134 Å². The third-order valence-electron chi connectivity index (χ3n) is 7.05. The summed E-state index contributed by atoms with van der Waals surface area (Å²) in [5, 5.41) is 4.64. The molecule has 0 spiro atoms. The molecular formula is C29H43N5O5S3. The summed E-state index contributed by atoms with van der Waals surface area (Å²) in [6.07, 6.45) is 6.74. The maximum Gasteiger partial charge on any atom is 0.407 e. The van der Waals surface area contributed by atoms with Gasteiger partial charge in [0.25, 0.3) is 0 Å². The molecule has 3 rings (SSSR count). The molecule has 232 valence electrons. The third-order valence-corrected chi connectivity index (χ3v) is 11.8. The Labute approximate surface area is 257 Å². The Hall–Kier alpha value is -2.45. The minimum absolute atomic E-state index is 0.00666. The number of allylic oxidation sites excluding steroid dienone is 1. The molecule has 2 aromatic rings. The van der Waals surface area contributed by atoms with Crippen LogP contribution in [0.1, 0.15) is 45.4 Å². The van der Waals surface area contributed by atoms with Crippen LogP contribution in [-0.2, 0) is 19.6 Å². The number of hydrogen-bond donors (Lipinski definition) is 3. The zero-order valence-electron chi connectivity index (χ0n) is 24.6. The number of rotatable bonds is 16. The van der Waals surface area contributed by atoms with E-state index in [1.54, 1.807) is 33.9 Å². The molecule has 0 atom stereocenters. The summed E-state index contributed by atoms with van der Waals surface area (Å²) >= 11 is 0. The molecule has 1 aliphatic rings. The lowest BCUT2D eigenvalue weighted by Crippen LogP contribution is -2.35. The van der Waals surface area contributed by atoms with Crippen molar-refractivity contribution >= 4 is 60.6 Å². The molecule has 0 radical (unpaired) electrons. The van der Waals surface area contributed by atoms with Gasteiger partial charge in [-0.2, -0.15) is 0 Å². The number of carbonyl (C=O) groups is 2. The van der Waals surface area contributed by atoms with Crippen LogP contribution in [0.2, 0.25) is 0 Å². The molecule has 1 saturated carbocycles. The lowest BCUT2D eigenvalue weighted by Gasteiger charge is -2.24. The molecule has 2 aromatic carbocycles. The number of carbonyl (C=O) groups excluding carboxylic acids is 2. The van der Waals surface area contributed by atoms with Gasteiger partial charge in [-0.15, -0.1) is 0 Å². The van der Waals surface area contributed by atoms with Crippen molar-refractivity contribution in [1.82, 2.24) is 14.9 Å². The Morgan fingerprint density at radius 3 is 2.50 bits per heavy atom. The largest absolute Gasteiger partial charge is 0.449 e. The van der Waals surface area contributed by atoms with Crippen LogP contribution in [0.4, 0.5) is 10.5 Å². The molecule has 0 saturated heterocycles. The van der Waals surface area contributed by atoms with Crippen molar-refractivity contribution in [2.45, 2.75) is 55.6 Å². The highest BCUT2D eigenvalue weighted by atomic mass is 33.1. The number of fused-ring (bicyclic) bond motifs is 1. The normalized spacial score (nSPS) is 14.8. The van der Waals surface area contributed by atoms with Gasteiger partial charge in [0.1, 0.15) is 0 Å². The number of alkyl carbamates (subject to hydrolysis) is 1. The Bertz CT molecular complexity index is 1330. The molecule has 0 heterocycles. The average Bonchev–Trinajstić information content (AvgIpc) is 2.99. The van der Waals surface area contributed by atoms with Crippen LogP contribution >= 0.6 is 21.6 Å². The molecular weight excluding hydrogens is 595 g/mol. The lowest BCUT2D eigenvalue weighted by molar-refractivity contribution is -0.116. The first-order valence-corrected chi connectivity index (χ1v) is 17.9. The van der Waals surface area contributed by atoms with Crippen LogP contribution in [0.5, 0.6) is 0 Å². The maximum absolute atomic E-state index is 13.1. The molecule has 42 heavy (non-hydrogen) atoms. The number of benzene rings is 2. The molecule has 1 fully saturated rings. The van der Waals surface area contributed by atoms with Gasteiger partial charge in [0, 0.05) is 79.0 Å². The Kier molecular flexibility index (Phi) is 13.8. The highest BCUT2D eigenvalue weighted by Crippen LogP contribution is 2.42. The van der Waals surface area contributed by atoms with Crippen LogP contribution < -0.4 is 20.7 Å². The number of sulfonamides is 1. The first-order valence-electron chi connectivity index (χ1n) is 14.2. The standard InChI is InChI=1S/C29H43N5O5S3/c1-22(34(21-35)19-16-30)27(41-40-23-9-5-4-6-10-23)15-20-39-29(36)31-17-18-32-42(37,38)28-14-8-11-24-25(28)12-7-13-26(24)33(2)3/h7-8,11-14,21,23,32H,4-6,9-10,15-20,30H2,1-3H3,(H,31,36)/b27-22-. The number of hydrogen-bond acceptors (Lipinski definition) is 9. The minimum Gasteiger partial charge on any atom is -0.449 e. The number of nitrogens with one attached hydrogen (secondary N) is 2. The van der Waals surface area contributed by atoms with Crippen molar-refractivity contribution in [3.05, 3.63) is 47.0 Å². The van der Waals surface area contributed by atoms with Gasteiger partial charge in [0.2, 0.25) is 16.4 Å². The SMILES string of the molecule is C/C(=C(\CCOC(=O)NCCNS(=O)(=O)c1cccc2c(N(C)C)cccc12)SSC1CCCCC1)N(C=O)CCN. The first-order chi connectivity index (χ1) is 20.2. The second kappa shape index (κ2) is 17.0. The fraction of sp³-hybridized carbons (Fsp3) is 0.517. The average molecular weight is 638 g/mol. The van der Waals surface area contributed by atoms with Crippen molar-refractivity contribution in [1.29, 1.82) is 0 Å². The number of nitrogens with zero attached hydrogens (tertiary/aromatic N) is 2. The van der Waals surface area contributed by atoms with Gasteiger partial charge >= 0.3 is 6.09 Å². The summed E-state index contributed by atoms with van der Waals surface area (Å²) in [4.78, 5) is 28.6. The van der Waals surface area contributed by atoms with E-state index in [0.717, 1.165) is 28.1 Å². The number of nitrogens with two attached hydrogens (primary N) is 1. The number of ether oxygens (including phenoxy) is 1. The molecule has 13 heteroatoms. The fourth-order valence-electron chi connectivity index (χ4n) is 4.77. The van der Waals surface area contributed by atoms with E-state index in [1.807, 2.05) is 54.9 Å². The second-order valence-corrected chi connectivity index (χ2v) is 14.6. The van der Waals surface area contributed by atoms with E-state index in [4.69, 9.17) is 10.5 Å². The number of anilines is 1. The zero-order chi connectivity index (χ0) is 30.5. The van der Waals surface area contributed by atoms with E-state index in [2.05, 4.69) is 10.0 Å². The van der Waals surface area contributed by atoms with Gasteiger partial charge in [0.05, 0.1) is 11.5 Å². The summed E-state index contributed by atoms with van der Waals surface area (Å²) in [6, 6.07) is 10.7. The molecule has 4 N–H and O–H groups in total. The number of amides is 2. The van der Waals surface area contributed by atoms with Gasteiger partial charge in [0.15, 0.2) is 0 Å². The summed E-state index contributed by atoms with van der Waals surface area (Å²) in [5.41, 5.74) is 7.41. The van der Waals surface area contributed by atoms with Crippen LogP contribution in [0.15, 0.2) is 51.9 Å². The lowest BCUT2D eigenvalue weighted by atomic mass is 10.0. The van der Waals surface area contributed by atoms with E-state index in [0.29, 0.717) is 30.1 Å².